The molecule has 5 nitrogen and oxygen atoms in total. The largest absolute Gasteiger partial charge is 0.497 e. The first kappa shape index (κ1) is 16.5. The van der Waals surface area contributed by atoms with Crippen LogP contribution in [-0.4, -0.2) is 17.3 Å². The average molecular weight is 298 g/mol. The summed E-state index contributed by atoms with van der Waals surface area (Å²) in [5.41, 5.74) is 6.81. The minimum absolute atomic E-state index is 0. The van der Waals surface area contributed by atoms with Crippen molar-refractivity contribution in [3.05, 3.63) is 30.2 Å². The fourth-order valence-corrected chi connectivity index (χ4v) is 1.61. The number of nitrogens with zero attached hydrogens (tertiary/aromatic N) is 2. The van der Waals surface area contributed by atoms with Crippen molar-refractivity contribution in [2.45, 2.75) is 26.8 Å². The van der Waals surface area contributed by atoms with E-state index >= 15 is 0 Å². The third kappa shape index (κ3) is 3.49. The Bertz CT molecular complexity index is 564. The van der Waals surface area contributed by atoms with Crippen molar-refractivity contribution >= 4 is 12.4 Å². The summed E-state index contributed by atoms with van der Waals surface area (Å²) in [5.74, 6) is 1.72. The van der Waals surface area contributed by atoms with Crippen molar-refractivity contribution in [3.63, 3.8) is 0 Å². The quantitative estimate of drug-likeness (QED) is 0.941. The van der Waals surface area contributed by atoms with E-state index in [1.54, 1.807) is 7.11 Å². The van der Waals surface area contributed by atoms with Crippen molar-refractivity contribution in [1.29, 1.82) is 0 Å². The molecule has 0 bridgehead atoms. The first-order chi connectivity index (χ1) is 8.91. The number of ether oxygens (including phenoxy) is 1. The van der Waals surface area contributed by atoms with Crippen LogP contribution in [0.2, 0.25) is 0 Å². The minimum atomic E-state index is -0.292. The van der Waals surface area contributed by atoms with Gasteiger partial charge < -0.3 is 15.0 Å². The molecule has 2 aromatic rings. The SMILES string of the molecule is COc1cccc(-c2noc([C@@H](N)C(C)(C)C)n2)c1.Cl. The minimum Gasteiger partial charge on any atom is -0.497 e. The standard InChI is InChI=1S/C14H19N3O2.ClH/c1-14(2,3)11(15)13-16-12(17-19-13)9-6-5-7-10(8-9)18-4;/h5-8,11H,15H2,1-4H3;1H/t11-;/m1./s1. The van der Waals surface area contributed by atoms with E-state index in [1.165, 1.54) is 0 Å². The van der Waals surface area contributed by atoms with Crippen molar-refractivity contribution < 1.29 is 9.26 Å². The Morgan fingerprint density at radius 3 is 2.60 bits per heavy atom. The highest BCUT2D eigenvalue weighted by atomic mass is 35.5. The van der Waals surface area contributed by atoms with Gasteiger partial charge in [0.25, 0.3) is 0 Å². The molecule has 110 valence electrons. The number of halogens is 1. The van der Waals surface area contributed by atoms with Gasteiger partial charge in [-0.3, -0.25) is 0 Å². The number of rotatable bonds is 3. The van der Waals surface area contributed by atoms with Gasteiger partial charge in [0.2, 0.25) is 11.7 Å². The summed E-state index contributed by atoms with van der Waals surface area (Å²) in [6.45, 7) is 6.10. The van der Waals surface area contributed by atoms with E-state index in [9.17, 15) is 0 Å². The Labute approximate surface area is 124 Å². The normalized spacial score (nSPS) is 12.7. The maximum absolute atomic E-state index is 6.10. The second-order valence-corrected chi connectivity index (χ2v) is 5.53. The maximum atomic E-state index is 6.10. The molecular weight excluding hydrogens is 278 g/mol. The summed E-state index contributed by atoms with van der Waals surface area (Å²) in [6.07, 6.45) is 0. The molecule has 0 aliphatic rings. The molecular formula is C14H20ClN3O2. The van der Waals surface area contributed by atoms with Gasteiger partial charge in [-0.2, -0.15) is 4.98 Å². The molecule has 0 saturated carbocycles. The second kappa shape index (κ2) is 6.24. The first-order valence-electron chi connectivity index (χ1n) is 6.15. The Hall–Kier alpha value is -1.59. The predicted molar refractivity (Wildman–Crippen MR) is 79.9 cm³/mol. The molecule has 0 aliphatic carbocycles. The van der Waals surface area contributed by atoms with Crippen LogP contribution < -0.4 is 10.5 Å². The van der Waals surface area contributed by atoms with Crippen LogP contribution in [0.15, 0.2) is 28.8 Å². The predicted octanol–water partition coefficient (Wildman–Crippen LogP) is 3.21. The summed E-state index contributed by atoms with van der Waals surface area (Å²) in [6, 6.07) is 7.22. The van der Waals surface area contributed by atoms with Gasteiger partial charge in [-0.1, -0.05) is 38.1 Å². The third-order valence-corrected chi connectivity index (χ3v) is 2.97. The van der Waals surface area contributed by atoms with E-state index in [0.717, 1.165) is 11.3 Å². The fraction of sp³-hybridized carbons (Fsp3) is 0.429. The van der Waals surface area contributed by atoms with Crippen molar-refractivity contribution in [3.8, 4) is 17.1 Å². The van der Waals surface area contributed by atoms with Crippen LogP contribution in [0.3, 0.4) is 0 Å². The van der Waals surface area contributed by atoms with Gasteiger partial charge >= 0.3 is 0 Å². The molecule has 1 atom stereocenters. The molecule has 0 unspecified atom stereocenters. The van der Waals surface area contributed by atoms with E-state index in [1.807, 2.05) is 45.0 Å². The van der Waals surface area contributed by atoms with Crippen LogP contribution in [0.25, 0.3) is 11.4 Å². The van der Waals surface area contributed by atoms with E-state index < -0.39 is 0 Å². The van der Waals surface area contributed by atoms with Gasteiger partial charge in [0.05, 0.1) is 13.2 Å². The van der Waals surface area contributed by atoms with Crippen LogP contribution in [0, 0.1) is 5.41 Å². The van der Waals surface area contributed by atoms with Crippen LogP contribution in [0.1, 0.15) is 32.7 Å². The lowest BCUT2D eigenvalue weighted by atomic mass is 9.87. The zero-order valence-electron chi connectivity index (χ0n) is 12.1. The third-order valence-electron chi connectivity index (χ3n) is 2.97. The van der Waals surface area contributed by atoms with Crippen molar-refractivity contribution in [2.24, 2.45) is 11.1 Å². The van der Waals surface area contributed by atoms with Gasteiger partial charge in [0.15, 0.2) is 0 Å². The lowest BCUT2D eigenvalue weighted by Crippen LogP contribution is -2.26. The number of nitrogens with two attached hydrogens (primary N) is 1. The fourth-order valence-electron chi connectivity index (χ4n) is 1.61. The summed E-state index contributed by atoms with van der Waals surface area (Å²) >= 11 is 0. The molecule has 1 aromatic carbocycles. The summed E-state index contributed by atoms with van der Waals surface area (Å²) in [5, 5.41) is 3.97. The molecule has 0 radical (unpaired) electrons. The Kier molecular flexibility index (Phi) is 5.14. The van der Waals surface area contributed by atoms with Crippen LogP contribution in [0.5, 0.6) is 5.75 Å². The monoisotopic (exact) mass is 297 g/mol. The highest BCUT2D eigenvalue weighted by Gasteiger charge is 2.27. The van der Waals surface area contributed by atoms with Crippen LogP contribution >= 0.6 is 12.4 Å². The summed E-state index contributed by atoms with van der Waals surface area (Å²) in [7, 11) is 1.62. The van der Waals surface area contributed by atoms with Gasteiger partial charge in [-0.05, 0) is 17.5 Å². The van der Waals surface area contributed by atoms with Crippen molar-refractivity contribution in [2.75, 3.05) is 7.11 Å². The number of hydrogen-bond acceptors (Lipinski definition) is 5. The first-order valence-corrected chi connectivity index (χ1v) is 6.15. The lowest BCUT2D eigenvalue weighted by Gasteiger charge is -2.23. The smallest absolute Gasteiger partial charge is 0.244 e. The van der Waals surface area contributed by atoms with Crippen LogP contribution in [0.4, 0.5) is 0 Å². The molecule has 1 aromatic heterocycles. The Morgan fingerprint density at radius 1 is 1.30 bits per heavy atom. The molecule has 0 aliphatic heterocycles. The molecule has 2 rings (SSSR count). The Balaban J connectivity index is 0.00000200. The molecule has 20 heavy (non-hydrogen) atoms. The van der Waals surface area contributed by atoms with Crippen LogP contribution in [-0.2, 0) is 0 Å². The number of methoxy groups -OCH3 is 1. The highest BCUT2D eigenvalue weighted by molar-refractivity contribution is 5.85. The molecule has 0 saturated heterocycles. The number of aromatic nitrogens is 2. The van der Waals surface area contributed by atoms with E-state index in [-0.39, 0.29) is 23.9 Å². The topological polar surface area (TPSA) is 74.2 Å². The molecule has 6 heteroatoms. The van der Waals surface area contributed by atoms with Gasteiger partial charge in [0, 0.05) is 5.56 Å². The van der Waals surface area contributed by atoms with E-state index in [2.05, 4.69) is 10.1 Å². The molecule has 2 N–H and O–H groups in total. The highest BCUT2D eigenvalue weighted by Crippen LogP contribution is 2.30. The van der Waals surface area contributed by atoms with Gasteiger partial charge in [-0.25, -0.2) is 0 Å². The van der Waals surface area contributed by atoms with E-state index in [0.29, 0.717) is 11.7 Å². The molecule has 0 fully saturated rings. The second-order valence-electron chi connectivity index (χ2n) is 5.53. The van der Waals surface area contributed by atoms with Crippen molar-refractivity contribution in [1.82, 2.24) is 10.1 Å². The maximum Gasteiger partial charge on any atom is 0.244 e. The number of hydrogen-bond donors (Lipinski definition) is 1. The summed E-state index contributed by atoms with van der Waals surface area (Å²) < 4.78 is 10.4. The van der Waals surface area contributed by atoms with Gasteiger partial charge in [0.1, 0.15) is 5.75 Å². The zero-order valence-corrected chi connectivity index (χ0v) is 12.9. The zero-order chi connectivity index (χ0) is 14.0. The number of benzene rings is 1. The average Bonchev–Trinajstić information content (AvgIpc) is 2.86. The molecule has 0 spiro atoms. The van der Waals surface area contributed by atoms with Gasteiger partial charge in [-0.15, -0.1) is 12.4 Å². The molecule has 0 amide bonds. The lowest BCUT2D eigenvalue weighted by molar-refractivity contribution is 0.253. The summed E-state index contributed by atoms with van der Waals surface area (Å²) in [4.78, 5) is 4.36. The Morgan fingerprint density at radius 2 is 2.00 bits per heavy atom. The van der Waals surface area contributed by atoms with E-state index in [4.69, 9.17) is 15.0 Å². The molecule has 1 heterocycles.